The third-order valence-corrected chi connectivity index (χ3v) is 5.56. The van der Waals surface area contributed by atoms with Gasteiger partial charge < -0.3 is 25.2 Å². The molecule has 0 bridgehead atoms. The maximum absolute atomic E-state index is 12.7. The van der Waals surface area contributed by atoms with E-state index in [4.69, 9.17) is 9.47 Å². The molecule has 9 heteroatoms. The van der Waals surface area contributed by atoms with E-state index >= 15 is 0 Å². The van der Waals surface area contributed by atoms with E-state index in [1.54, 1.807) is 20.3 Å². The van der Waals surface area contributed by atoms with Crippen molar-refractivity contribution in [3.05, 3.63) is 59.7 Å². The van der Waals surface area contributed by atoms with Crippen molar-refractivity contribution in [3.63, 3.8) is 0 Å². The molecule has 0 unspecified atom stereocenters. The molecule has 0 aromatic heterocycles. The molecule has 9 nitrogen and oxygen atoms in total. The van der Waals surface area contributed by atoms with E-state index in [0.29, 0.717) is 17.9 Å². The van der Waals surface area contributed by atoms with Gasteiger partial charge in [-0.3, -0.25) is 14.5 Å². The lowest BCUT2D eigenvalue weighted by atomic mass is 10.1. The van der Waals surface area contributed by atoms with E-state index in [2.05, 4.69) is 10.6 Å². The fourth-order valence-electron chi connectivity index (χ4n) is 3.72. The Hall–Kier alpha value is -3.59. The Balaban J connectivity index is 1.51. The van der Waals surface area contributed by atoms with E-state index in [1.807, 2.05) is 42.5 Å². The third-order valence-electron chi connectivity index (χ3n) is 5.56. The van der Waals surface area contributed by atoms with Crippen LogP contribution in [0.2, 0.25) is 0 Å². The Bertz CT molecular complexity index is 981. The van der Waals surface area contributed by atoms with Crippen molar-refractivity contribution in [1.82, 2.24) is 15.5 Å². The van der Waals surface area contributed by atoms with Gasteiger partial charge >= 0.3 is 6.03 Å². The first-order valence-electron chi connectivity index (χ1n) is 10.7. The maximum Gasteiger partial charge on any atom is 0.324 e. The summed E-state index contributed by atoms with van der Waals surface area (Å²) in [6.07, 6.45) is 0.682. The number of aliphatic hydroxyl groups is 1. The minimum Gasteiger partial charge on any atom is -0.493 e. The van der Waals surface area contributed by atoms with Crippen LogP contribution in [0.25, 0.3) is 0 Å². The summed E-state index contributed by atoms with van der Waals surface area (Å²) >= 11 is 0. The first-order chi connectivity index (χ1) is 16.0. The Labute approximate surface area is 192 Å². The van der Waals surface area contributed by atoms with Gasteiger partial charge in [-0.05, 0) is 36.1 Å². The molecule has 1 aliphatic heterocycles. The SMILES string of the molecule is COc1ccc(CCN2C(=O)N[C@H](CCC(=O)N[C@H](CO)c3ccccc3)C2=O)cc1OC. The van der Waals surface area contributed by atoms with E-state index in [-0.39, 0.29) is 37.8 Å². The van der Waals surface area contributed by atoms with Gasteiger partial charge in [0.1, 0.15) is 6.04 Å². The number of nitrogens with one attached hydrogen (secondary N) is 2. The summed E-state index contributed by atoms with van der Waals surface area (Å²) in [7, 11) is 3.10. The van der Waals surface area contributed by atoms with Crippen LogP contribution in [0.5, 0.6) is 11.5 Å². The average molecular weight is 456 g/mol. The monoisotopic (exact) mass is 455 g/mol. The lowest BCUT2D eigenvalue weighted by Gasteiger charge is -2.17. The van der Waals surface area contributed by atoms with E-state index in [0.717, 1.165) is 11.1 Å². The number of rotatable bonds is 11. The van der Waals surface area contributed by atoms with Crippen molar-refractivity contribution in [2.45, 2.75) is 31.3 Å². The molecule has 0 radical (unpaired) electrons. The Morgan fingerprint density at radius 3 is 2.52 bits per heavy atom. The summed E-state index contributed by atoms with van der Waals surface area (Å²) in [6, 6.07) is 12.8. The molecule has 2 aromatic rings. The molecule has 176 valence electrons. The first kappa shape index (κ1) is 24.1. The summed E-state index contributed by atoms with van der Waals surface area (Å²) < 4.78 is 10.5. The molecule has 1 heterocycles. The normalized spacial score (nSPS) is 16.3. The number of carbonyl (C=O) groups is 3. The molecule has 0 spiro atoms. The number of hydrogen-bond acceptors (Lipinski definition) is 6. The van der Waals surface area contributed by atoms with Gasteiger partial charge in [-0.25, -0.2) is 4.79 Å². The van der Waals surface area contributed by atoms with Crippen molar-refractivity contribution >= 4 is 17.8 Å². The largest absolute Gasteiger partial charge is 0.493 e. The smallest absolute Gasteiger partial charge is 0.324 e. The Morgan fingerprint density at radius 1 is 1.12 bits per heavy atom. The number of methoxy groups -OCH3 is 2. The Morgan fingerprint density at radius 2 is 1.85 bits per heavy atom. The third kappa shape index (κ3) is 6.01. The zero-order valence-electron chi connectivity index (χ0n) is 18.7. The predicted molar refractivity (Wildman–Crippen MR) is 121 cm³/mol. The molecule has 2 atom stereocenters. The number of aliphatic hydroxyl groups excluding tert-OH is 1. The average Bonchev–Trinajstić information content (AvgIpc) is 3.12. The number of ether oxygens (including phenoxy) is 2. The van der Waals surface area contributed by atoms with Gasteiger partial charge in [-0.1, -0.05) is 36.4 Å². The summed E-state index contributed by atoms with van der Waals surface area (Å²) in [6.45, 7) is -0.0256. The van der Waals surface area contributed by atoms with Gasteiger partial charge in [0.25, 0.3) is 5.91 Å². The van der Waals surface area contributed by atoms with E-state index < -0.39 is 18.1 Å². The van der Waals surface area contributed by atoms with Crippen LogP contribution < -0.4 is 20.1 Å². The first-order valence-corrected chi connectivity index (χ1v) is 10.7. The van der Waals surface area contributed by atoms with Crippen molar-refractivity contribution in [2.24, 2.45) is 0 Å². The second-order valence-electron chi connectivity index (χ2n) is 7.68. The fourth-order valence-corrected chi connectivity index (χ4v) is 3.72. The zero-order valence-corrected chi connectivity index (χ0v) is 18.7. The van der Waals surface area contributed by atoms with E-state index in [9.17, 15) is 19.5 Å². The molecule has 1 fully saturated rings. The van der Waals surface area contributed by atoms with Gasteiger partial charge in [-0.15, -0.1) is 0 Å². The van der Waals surface area contributed by atoms with Crippen LogP contribution in [-0.2, 0) is 16.0 Å². The second kappa shape index (κ2) is 11.3. The van der Waals surface area contributed by atoms with Gasteiger partial charge in [0.2, 0.25) is 5.91 Å². The van der Waals surface area contributed by atoms with Crippen LogP contribution in [0, 0.1) is 0 Å². The van der Waals surface area contributed by atoms with Gasteiger partial charge in [0, 0.05) is 13.0 Å². The molecule has 4 amide bonds. The standard InChI is InChI=1S/C24H29N3O6/c1-32-20-10-8-16(14-21(20)33-2)12-13-27-23(30)18(26-24(27)31)9-11-22(29)25-19(15-28)17-6-4-3-5-7-17/h3-8,10,14,18-19,28H,9,11-13,15H2,1-2H3,(H,25,29)(H,26,31)/t18-,19-/m1/s1. The van der Waals surface area contributed by atoms with Crippen LogP contribution in [-0.4, -0.2) is 61.3 Å². The van der Waals surface area contributed by atoms with Crippen molar-refractivity contribution in [2.75, 3.05) is 27.4 Å². The molecule has 3 N–H and O–H groups in total. The minimum atomic E-state index is -0.752. The highest BCUT2D eigenvalue weighted by Gasteiger charge is 2.37. The fraction of sp³-hybridized carbons (Fsp3) is 0.375. The molecule has 1 aliphatic rings. The number of imide groups is 1. The molecule has 2 aromatic carbocycles. The molecule has 0 saturated carbocycles. The zero-order chi connectivity index (χ0) is 23.8. The number of benzene rings is 2. The van der Waals surface area contributed by atoms with Crippen molar-refractivity contribution < 1.29 is 29.0 Å². The summed E-state index contributed by atoms with van der Waals surface area (Å²) in [5, 5.41) is 15.0. The van der Waals surface area contributed by atoms with Crippen molar-refractivity contribution in [3.8, 4) is 11.5 Å². The molecule has 1 saturated heterocycles. The highest BCUT2D eigenvalue weighted by atomic mass is 16.5. The summed E-state index contributed by atoms with van der Waals surface area (Å²) in [4.78, 5) is 38.5. The molecular formula is C24H29N3O6. The van der Waals surface area contributed by atoms with Crippen LogP contribution in [0.1, 0.15) is 30.0 Å². The summed E-state index contributed by atoms with van der Waals surface area (Å²) in [5.41, 5.74) is 1.69. The minimum absolute atomic E-state index is 0.0452. The lowest BCUT2D eigenvalue weighted by molar-refractivity contribution is -0.127. The predicted octanol–water partition coefficient (Wildman–Crippen LogP) is 1.80. The number of nitrogens with zero attached hydrogens (tertiary/aromatic N) is 1. The van der Waals surface area contributed by atoms with Gasteiger partial charge in [-0.2, -0.15) is 0 Å². The highest BCUT2D eigenvalue weighted by molar-refractivity contribution is 6.04. The van der Waals surface area contributed by atoms with Crippen LogP contribution >= 0.6 is 0 Å². The molecule has 33 heavy (non-hydrogen) atoms. The lowest BCUT2D eigenvalue weighted by Crippen LogP contribution is -2.35. The highest BCUT2D eigenvalue weighted by Crippen LogP contribution is 2.28. The number of amides is 4. The summed E-state index contributed by atoms with van der Waals surface area (Å²) in [5.74, 6) is 0.525. The van der Waals surface area contributed by atoms with Crippen molar-refractivity contribution in [1.29, 1.82) is 0 Å². The quantitative estimate of drug-likeness (QED) is 0.445. The molecule has 3 rings (SSSR count). The number of hydrogen-bond donors (Lipinski definition) is 3. The number of urea groups is 1. The maximum atomic E-state index is 12.7. The second-order valence-corrected chi connectivity index (χ2v) is 7.68. The topological polar surface area (TPSA) is 117 Å². The van der Waals surface area contributed by atoms with Gasteiger partial charge in [0.15, 0.2) is 11.5 Å². The molecular weight excluding hydrogens is 426 g/mol. The molecule has 0 aliphatic carbocycles. The van der Waals surface area contributed by atoms with Crippen LogP contribution in [0.4, 0.5) is 4.79 Å². The van der Waals surface area contributed by atoms with Crippen LogP contribution in [0.3, 0.4) is 0 Å². The number of carbonyl (C=O) groups excluding carboxylic acids is 3. The Kier molecular flexibility index (Phi) is 8.26. The van der Waals surface area contributed by atoms with Crippen LogP contribution in [0.15, 0.2) is 48.5 Å². The van der Waals surface area contributed by atoms with Gasteiger partial charge in [0.05, 0.1) is 26.9 Å². The van der Waals surface area contributed by atoms with E-state index in [1.165, 1.54) is 4.90 Å².